The third-order valence-corrected chi connectivity index (χ3v) is 9.67. The number of fused-ring (bicyclic) bond motifs is 10. The Morgan fingerprint density at radius 3 is 1.98 bits per heavy atom. The van der Waals surface area contributed by atoms with Gasteiger partial charge in [-0.15, -0.1) is 0 Å². The Bertz CT molecular complexity index is 2700. The van der Waals surface area contributed by atoms with Crippen LogP contribution in [-0.2, 0) is 5.41 Å². The second-order valence-electron chi connectivity index (χ2n) is 13.3. The van der Waals surface area contributed by atoms with Gasteiger partial charge in [0.2, 0.25) is 0 Å². The van der Waals surface area contributed by atoms with Crippen molar-refractivity contribution in [3.8, 4) is 11.1 Å². The zero-order valence-corrected chi connectivity index (χ0v) is 25.3. The highest BCUT2D eigenvalue weighted by molar-refractivity contribution is 6.26. The number of para-hydroxylation sites is 3. The molecule has 3 nitrogen and oxygen atoms in total. The number of hydrogen-bond donors (Lipinski definition) is 0. The highest BCUT2D eigenvalue weighted by Gasteiger charge is 2.30. The van der Waals surface area contributed by atoms with Gasteiger partial charge in [0.05, 0.1) is 17.1 Å². The van der Waals surface area contributed by atoms with E-state index in [1.807, 2.05) is 0 Å². The predicted octanol–water partition coefficient (Wildman–Crippen LogP) is 12.5. The maximum atomic E-state index is 6.92. The minimum Gasteiger partial charge on any atom is -0.455 e. The molecule has 1 aliphatic heterocycles. The largest absolute Gasteiger partial charge is 0.455 e. The molecule has 2 aromatic heterocycles. The van der Waals surface area contributed by atoms with Gasteiger partial charge in [-0.25, -0.2) is 0 Å². The summed E-state index contributed by atoms with van der Waals surface area (Å²) in [5, 5.41) is 9.22. The van der Waals surface area contributed by atoms with Crippen LogP contribution >= 0.6 is 0 Å². The quantitative estimate of drug-likeness (QED) is 0.194. The average Bonchev–Trinajstić information content (AvgIpc) is 3.62. The van der Waals surface area contributed by atoms with E-state index in [1.54, 1.807) is 0 Å². The lowest BCUT2D eigenvalue weighted by atomic mass is 9.86. The van der Waals surface area contributed by atoms with Crippen molar-refractivity contribution >= 4 is 82.5 Å². The molecule has 0 saturated heterocycles. The molecule has 10 rings (SSSR count). The first kappa shape index (κ1) is 24.9. The lowest BCUT2D eigenvalue weighted by Crippen LogP contribution is -2.15. The van der Waals surface area contributed by atoms with Crippen molar-refractivity contribution in [3.63, 3.8) is 0 Å². The van der Waals surface area contributed by atoms with Gasteiger partial charge in [0.25, 0.3) is 0 Å². The monoisotopic (exact) mass is 579 g/mol. The normalized spacial score (nSPS) is 13.2. The molecular weight excluding hydrogens is 550 g/mol. The van der Waals surface area contributed by atoms with Crippen LogP contribution in [0.2, 0.25) is 0 Å². The fourth-order valence-electron chi connectivity index (χ4n) is 7.63. The minimum atomic E-state index is -0.0477. The van der Waals surface area contributed by atoms with Crippen LogP contribution in [0, 0.1) is 0 Å². The molecule has 0 bridgehead atoms. The van der Waals surface area contributed by atoms with Gasteiger partial charge in [-0.3, -0.25) is 0 Å². The first-order chi connectivity index (χ1) is 22.0. The molecule has 0 unspecified atom stereocenters. The molecule has 214 valence electrons. The summed E-state index contributed by atoms with van der Waals surface area (Å²) in [5.74, 6) is 0. The van der Waals surface area contributed by atoms with Crippen molar-refractivity contribution in [2.24, 2.45) is 0 Å². The van der Waals surface area contributed by atoms with Crippen LogP contribution in [0.5, 0.6) is 0 Å². The molecule has 3 heterocycles. The van der Waals surface area contributed by atoms with Crippen LogP contribution in [0.25, 0.3) is 76.5 Å². The Balaban J connectivity index is 1.35. The molecule has 0 saturated carbocycles. The number of furan rings is 2. The van der Waals surface area contributed by atoms with Crippen molar-refractivity contribution in [1.29, 1.82) is 0 Å². The molecule has 0 amide bonds. The van der Waals surface area contributed by atoms with Crippen molar-refractivity contribution in [1.82, 2.24) is 0 Å². The number of hydrogen-bond acceptors (Lipinski definition) is 3. The summed E-state index contributed by atoms with van der Waals surface area (Å²) in [6.45, 7) is 6.74. The second-order valence-corrected chi connectivity index (χ2v) is 13.3. The fraction of sp³-hybridized carbons (Fsp3) is 0.0952. The molecule has 0 fully saturated rings. The van der Waals surface area contributed by atoms with Gasteiger partial charge in [0.1, 0.15) is 16.7 Å². The van der Waals surface area contributed by atoms with E-state index in [2.05, 4.69) is 147 Å². The molecule has 45 heavy (non-hydrogen) atoms. The molecule has 7 aromatic carbocycles. The molecule has 0 spiro atoms. The van der Waals surface area contributed by atoms with Gasteiger partial charge in [-0.05, 0) is 52.1 Å². The van der Waals surface area contributed by atoms with E-state index in [0.717, 1.165) is 66.3 Å². The van der Waals surface area contributed by atoms with Crippen molar-refractivity contribution < 1.29 is 8.83 Å². The maximum Gasteiger partial charge on any atom is 0.159 e. The first-order valence-corrected chi connectivity index (χ1v) is 15.6. The lowest BCUT2D eigenvalue weighted by Gasteiger charge is -2.33. The van der Waals surface area contributed by atoms with Crippen molar-refractivity contribution in [2.45, 2.75) is 26.2 Å². The molecule has 0 atom stereocenters. The summed E-state index contributed by atoms with van der Waals surface area (Å²) in [6, 6.07) is 43.7. The third-order valence-electron chi connectivity index (χ3n) is 9.67. The van der Waals surface area contributed by atoms with E-state index in [1.165, 1.54) is 32.8 Å². The summed E-state index contributed by atoms with van der Waals surface area (Å²) in [4.78, 5) is 2.41. The Morgan fingerprint density at radius 2 is 1.13 bits per heavy atom. The lowest BCUT2D eigenvalue weighted by molar-refractivity contribution is 0.573. The average molecular weight is 580 g/mol. The van der Waals surface area contributed by atoms with Crippen LogP contribution in [0.1, 0.15) is 26.3 Å². The number of anilines is 3. The van der Waals surface area contributed by atoms with E-state index in [4.69, 9.17) is 8.83 Å². The van der Waals surface area contributed by atoms with Crippen LogP contribution in [-0.4, -0.2) is 0 Å². The molecule has 1 aliphatic rings. The molecule has 9 aromatic rings. The van der Waals surface area contributed by atoms with E-state index in [0.29, 0.717) is 0 Å². The van der Waals surface area contributed by atoms with Crippen LogP contribution in [0.15, 0.2) is 130 Å². The maximum absolute atomic E-state index is 6.92. The second kappa shape index (κ2) is 8.55. The van der Waals surface area contributed by atoms with E-state index >= 15 is 0 Å². The first-order valence-electron chi connectivity index (χ1n) is 15.6. The Kier molecular flexibility index (Phi) is 4.72. The third kappa shape index (κ3) is 3.30. The fourth-order valence-corrected chi connectivity index (χ4v) is 7.63. The Morgan fingerprint density at radius 1 is 0.467 bits per heavy atom. The van der Waals surface area contributed by atoms with Gasteiger partial charge in [0.15, 0.2) is 5.58 Å². The van der Waals surface area contributed by atoms with Gasteiger partial charge in [0, 0.05) is 43.4 Å². The highest BCUT2D eigenvalue weighted by Crippen LogP contribution is 2.55. The van der Waals surface area contributed by atoms with Gasteiger partial charge in [-0.1, -0.05) is 112 Å². The summed E-state index contributed by atoms with van der Waals surface area (Å²) in [6.07, 6.45) is 0. The van der Waals surface area contributed by atoms with Gasteiger partial charge in [-0.2, -0.15) is 0 Å². The molecule has 3 heteroatoms. The Labute approximate surface area is 259 Å². The van der Waals surface area contributed by atoms with Crippen LogP contribution in [0.3, 0.4) is 0 Å². The van der Waals surface area contributed by atoms with Gasteiger partial charge >= 0.3 is 0 Å². The number of rotatable bonds is 1. The summed E-state index contributed by atoms with van der Waals surface area (Å²) < 4.78 is 13.6. The zero-order chi connectivity index (χ0) is 30.0. The van der Waals surface area contributed by atoms with E-state index < -0.39 is 0 Å². The minimum absolute atomic E-state index is 0.0477. The molecule has 0 N–H and O–H groups in total. The molecular formula is C42H29NO2. The smallest absolute Gasteiger partial charge is 0.159 e. The van der Waals surface area contributed by atoms with Gasteiger partial charge < -0.3 is 13.7 Å². The molecule has 0 radical (unpaired) electrons. The Hall–Kier alpha value is -5.54. The standard InChI is InChI=1S/C42H29NO2/c1-42(2,3)33-18-9-15-28-29-16-10-20-35(41(29)45-40(28)33)43-34-19-7-6-13-26(34)27-14-8-17-30-38(27)36(43)23-32-31-21-24-11-4-5-12-25(24)22-37(31)44-39(30)32/h4-23H,1-3H3. The topological polar surface area (TPSA) is 29.5 Å². The van der Waals surface area contributed by atoms with Crippen molar-refractivity contribution in [2.75, 3.05) is 4.90 Å². The molecule has 0 aliphatic carbocycles. The summed E-state index contributed by atoms with van der Waals surface area (Å²) in [5.41, 5.74) is 10.6. The summed E-state index contributed by atoms with van der Waals surface area (Å²) >= 11 is 0. The number of nitrogens with zero attached hydrogens (tertiary/aromatic N) is 1. The van der Waals surface area contributed by atoms with E-state index in [9.17, 15) is 0 Å². The van der Waals surface area contributed by atoms with Crippen molar-refractivity contribution in [3.05, 3.63) is 127 Å². The van der Waals surface area contributed by atoms with Crippen LogP contribution in [0.4, 0.5) is 17.1 Å². The zero-order valence-electron chi connectivity index (χ0n) is 25.3. The van der Waals surface area contributed by atoms with E-state index in [-0.39, 0.29) is 5.41 Å². The number of benzene rings is 7. The predicted molar refractivity (Wildman–Crippen MR) is 188 cm³/mol. The highest BCUT2D eigenvalue weighted by atomic mass is 16.3. The SMILES string of the molecule is CC(C)(C)c1cccc2c1oc1c(N3c4ccccc4-c4cccc5c4c3cc3c4cc6ccccc6cc4oc53)cccc12. The van der Waals surface area contributed by atoms with Crippen LogP contribution < -0.4 is 4.90 Å². The summed E-state index contributed by atoms with van der Waals surface area (Å²) in [7, 11) is 0.